The van der Waals surface area contributed by atoms with Gasteiger partial charge in [-0.05, 0) is 0 Å². The number of nitrogens with zero attached hydrogens (tertiary/aromatic N) is 2. The zero-order valence-corrected chi connectivity index (χ0v) is 9.58. The minimum atomic E-state index is -0.771. The van der Waals surface area contributed by atoms with Crippen molar-refractivity contribution in [1.82, 2.24) is 9.97 Å². The van der Waals surface area contributed by atoms with Crippen LogP contribution in [0.25, 0.3) is 0 Å². The Morgan fingerprint density at radius 2 is 1.89 bits per heavy atom. The van der Waals surface area contributed by atoms with Crippen LogP contribution in [0.1, 0.15) is 0 Å². The third-order valence-electron chi connectivity index (χ3n) is 1.89. The van der Waals surface area contributed by atoms with Crippen LogP contribution in [0.2, 0.25) is 5.02 Å². The molecule has 0 saturated heterocycles. The molecule has 3 N–H and O–H groups in total. The number of hydrogen-bond donors (Lipinski definition) is 2. The van der Waals surface area contributed by atoms with Crippen molar-refractivity contribution in [3.8, 4) is 11.6 Å². The molecule has 0 spiro atoms. The van der Waals surface area contributed by atoms with E-state index < -0.39 is 11.6 Å². The SMILES string of the molecule is NNc1ncc(Cl)c(Oc2cc(F)cc(F)c2)n1. The Hall–Kier alpha value is -1.99. The summed E-state index contributed by atoms with van der Waals surface area (Å²) in [5.41, 5.74) is 2.19. The molecule has 0 fully saturated rings. The number of hydrazine groups is 1. The van der Waals surface area contributed by atoms with Gasteiger partial charge >= 0.3 is 0 Å². The van der Waals surface area contributed by atoms with E-state index in [4.69, 9.17) is 22.2 Å². The van der Waals surface area contributed by atoms with E-state index in [0.717, 1.165) is 18.2 Å². The van der Waals surface area contributed by atoms with Crippen LogP contribution in [0.5, 0.6) is 11.6 Å². The molecule has 0 unspecified atom stereocenters. The van der Waals surface area contributed by atoms with Crippen LogP contribution >= 0.6 is 11.6 Å². The van der Waals surface area contributed by atoms with E-state index >= 15 is 0 Å². The molecular formula is C10H7ClF2N4O. The lowest BCUT2D eigenvalue weighted by Gasteiger charge is -2.07. The van der Waals surface area contributed by atoms with Gasteiger partial charge in [-0.15, -0.1) is 0 Å². The molecule has 1 heterocycles. The van der Waals surface area contributed by atoms with Gasteiger partial charge in [-0.2, -0.15) is 4.98 Å². The quantitative estimate of drug-likeness (QED) is 0.663. The van der Waals surface area contributed by atoms with Crippen LogP contribution < -0.4 is 16.0 Å². The van der Waals surface area contributed by atoms with Crippen LogP contribution in [0.4, 0.5) is 14.7 Å². The molecule has 0 aliphatic heterocycles. The molecule has 0 amide bonds. The molecular weight excluding hydrogens is 266 g/mol. The number of benzene rings is 1. The van der Waals surface area contributed by atoms with E-state index in [9.17, 15) is 8.78 Å². The number of hydrogen-bond acceptors (Lipinski definition) is 5. The third kappa shape index (κ3) is 2.82. The van der Waals surface area contributed by atoms with E-state index in [1.807, 2.05) is 0 Å². The number of nitrogens with two attached hydrogens (primary N) is 1. The largest absolute Gasteiger partial charge is 0.437 e. The molecule has 8 heteroatoms. The van der Waals surface area contributed by atoms with Crippen LogP contribution in [-0.2, 0) is 0 Å². The molecule has 0 atom stereocenters. The van der Waals surface area contributed by atoms with Crippen molar-refractivity contribution in [3.63, 3.8) is 0 Å². The molecule has 0 bridgehead atoms. The van der Waals surface area contributed by atoms with Gasteiger partial charge in [-0.1, -0.05) is 11.6 Å². The second-order valence-corrected chi connectivity index (χ2v) is 3.61. The number of aromatic nitrogens is 2. The van der Waals surface area contributed by atoms with Gasteiger partial charge in [0.05, 0.1) is 6.20 Å². The number of anilines is 1. The summed E-state index contributed by atoms with van der Waals surface area (Å²) in [6.07, 6.45) is 1.24. The summed E-state index contributed by atoms with van der Waals surface area (Å²) in [4.78, 5) is 7.53. The van der Waals surface area contributed by atoms with Gasteiger partial charge in [0.25, 0.3) is 0 Å². The summed E-state index contributed by atoms with van der Waals surface area (Å²) in [5.74, 6) is 3.50. The van der Waals surface area contributed by atoms with Crippen molar-refractivity contribution < 1.29 is 13.5 Å². The fourth-order valence-corrected chi connectivity index (χ4v) is 1.32. The Morgan fingerprint density at radius 3 is 2.50 bits per heavy atom. The highest BCUT2D eigenvalue weighted by atomic mass is 35.5. The predicted molar refractivity (Wildman–Crippen MR) is 61.3 cm³/mol. The lowest BCUT2D eigenvalue weighted by atomic mass is 10.3. The molecule has 94 valence electrons. The monoisotopic (exact) mass is 272 g/mol. The number of ether oxygens (including phenoxy) is 1. The molecule has 2 rings (SSSR count). The highest BCUT2D eigenvalue weighted by Gasteiger charge is 2.09. The fourth-order valence-electron chi connectivity index (χ4n) is 1.19. The van der Waals surface area contributed by atoms with Crippen molar-refractivity contribution in [2.75, 3.05) is 5.43 Å². The average Bonchev–Trinajstić information content (AvgIpc) is 2.30. The highest BCUT2D eigenvalue weighted by Crippen LogP contribution is 2.28. The molecule has 0 aliphatic carbocycles. The first kappa shape index (κ1) is 12.5. The van der Waals surface area contributed by atoms with Gasteiger partial charge in [0.2, 0.25) is 11.8 Å². The van der Waals surface area contributed by atoms with Crippen molar-refractivity contribution in [1.29, 1.82) is 0 Å². The second-order valence-electron chi connectivity index (χ2n) is 3.20. The minimum absolute atomic E-state index is 0.0614. The van der Waals surface area contributed by atoms with E-state index in [-0.39, 0.29) is 22.6 Å². The Bertz CT molecular complexity index is 562. The summed E-state index contributed by atoms with van der Waals surface area (Å²) < 4.78 is 31.1. The van der Waals surface area contributed by atoms with Crippen molar-refractivity contribution in [2.45, 2.75) is 0 Å². The topological polar surface area (TPSA) is 73.1 Å². The molecule has 1 aromatic heterocycles. The Labute approximate surface area is 106 Å². The van der Waals surface area contributed by atoms with Gasteiger partial charge < -0.3 is 4.74 Å². The zero-order chi connectivity index (χ0) is 13.1. The van der Waals surface area contributed by atoms with Crippen LogP contribution in [0, 0.1) is 11.6 Å². The molecule has 18 heavy (non-hydrogen) atoms. The van der Waals surface area contributed by atoms with Gasteiger partial charge in [-0.25, -0.2) is 19.6 Å². The van der Waals surface area contributed by atoms with Gasteiger partial charge in [0.15, 0.2) is 0 Å². The van der Waals surface area contributed by atoms with Gasteiger partial charge in [-0.3, -0.25) is 5.43 Å². The van der Waals surface area contributed by atoms with E-state index in [1.165, 1.54) is 6.20 Å². The maximum Gasteiger partial charge on any atom is 0.243 e. The fraction of sp³-hybridized carbons (Fsp3) is 0. The second kappa shape index (κ2) is 5.11. The number of nitrogens with one attached hydrogen (secondary N) is 1. The molecule has 5 nitrogen and oxygen atoms in total. The van der Waals surface area contributed by atoms with E-state index in [0.29, 0.717) is 0 Å². The summed E-state index contributed by atoms with van der Waals surface area (Å²) >= 11 is 5.78. The van der Waals surface area contributed by atoms with Crippen LogP contribution in [0.3, 0.4) is 0 Å². The van der Waals surface area contributed by atoms with Crippen LogP contribution in [-0.4, -0.2) is 9.97 Å². The Balaban J connectivity index is 2.33. The van der Waals surface area contributed by atoms with Crippen molar-refractivity contribution in [3.05, 3.63) is 41.1 Å². The summed E-state index contributed by atoms with van der Waals surface area (Å²) in [6, 6.07) is 2.72. The first-order valence-electron chi connectivity index (χ1n) is 4.71. The maximum absolute atomic E-state index is 13.0. The predicted octanol–water partition coefficient (Wildman–Crippen LogP) is 2.49. The number of nitrogen functional groups attached to an aromatic ring is 1. The Morgan fingerprint density at radius 1 is 1.22 bits per heavy atom. The number of rotatable bonds is 3. The molecule has 0 radical (unpaired) electrons. The number of halogens is 3. The Kier molecular flexibility index (Phi) is 3.54. The summed E-state index contributed by atoms with van der Waals surface area (Å²) in [5, 5.41) is 0.0821. The molecule has 2 aromatic rings. The molecule has 0 saturated carbocycles. The highest BCUT2D eigenvalue weighted by molar-refractivity contribution is 6.31. The smallest absolute Gasteiger partial charge is 0.243 e. The van der Waals surface area contributed by atoms with Gasteiger partial charge in [0, 0.05) is 18.2 Å². The standard InChI is InChI=1S/C10H7ClF2N4O/c11-8-4-15-10(17-14)16-9(8)18-7-2-5(12)1-6(13)3-7/h1-4H,14H2,(H,15,16,17). The van der Waals surface area contributed by atoms with Crippen molar-refractivity contribution >= 4 is 17.5 Å². The first-order chi connectivity index (χ1) is 8.58. The molecule has 0 aliphatic rings. The van der Waals surface area contributed by atoms with Crippen LogP contribution in [0.15, 0.2) is 24.4 Å². The molecule has 1 aromatic carbocycles. The lowest BCUT2D eigenvalue weighted by molar-refractivity contribution is 0.451. The first-order valence-corrected chi connectivity index (χ1v) is 5.09. The maximum atomic E-state index is 13.0. The van der Waals surface area contributed by atoms with Crippen molar-refractivity contribution in [2.24, 2.45) is 5.84 Å². The zero-order valence-electron chi connectivity index (χ0n) is 8.82. The van der Waals surface area contributed by atoms with Gasteiger partial charge in [0.1, 0.15) is 22.4 Å². The summed E-state index contributed by atoms with van der Waals surface area (Å²) in [7, 11) is 0. The average molecular weight is 273 g/mol. The normalized spacial score (nSPS) is 10.2. The lowest BCUT2D eigenvalue weighted by Crippen LogP contribution is -2.10. The van der Waals surface area contributed by atoms with E-state index in [2.05, 4.69) is 15.4 Å². The van der Waals surface area contributed by atoms with E-state index in [1.54, 1.807) is 0 Å². The third-order valence-corrected chi connectivity index (χ3v) is 2.15. The minimum Gasteiger partial charge on any atom is -0.437 e. The summed E-state index contributed by atoms with van der Waals surface area (Å²) in [6.45, 7) is 0.